The van der Waals surface area contributed by atoms with Crippen molar-refractivity contribution >= 4 is 62.4 Å². The first-order valence-electron chi connectivity index (χ1n) is 19.0. The van der Waals surface area contributed by atoms with Crippen molar-refractivity contribution in [2.24, 2.45) is 11.7 Å². The average Bonchev–Trinajstić information content (AvgIpc) is 3.68. The van der Waals surface area contributed by atoms with Crippen molar-refractivity contribution in [2.75, 3.05) is 19.8 Å². The quantitative estimate of drug-likeness (QED) is 0.0323. The number of carbonyl (C=O) groups excluding carboxylic acids is 6. The molecule has 1 heterocycles. The number of nitrogens with two attached hydrogens (primary N) is 1. The smallest absolute Gasteiger partial charge is 0.726 e. The maximum absolute atomic E-state index is 14.1. The Morgan fingerprint density at radius 1 is 0.766 bits per heavy atom. The molecule has 1 fully saturated rings. The molecule has 6 amide bonds. The van der Waals surface area contributed by atoms with Gasteiger partial charge in [0.05, 0.1) is 13.0 Å². The molecule has 27 heteroatoms. The molecule has 1 aliphatic rings. The number of rotatable bonds is 24. The third-order valence-electron chi connectivity index (χ3n) is 9.06. The maximum Gasteiger partial charge on any atom is 1.00 e. The van der Waals surface area contributed by atoms with Gasteiger partial charge in [-0.15, -0.1) is 0 Å². The van der Waals surface area contributed by atoms with E-state index in [0.29, 0.717) is 17.5 Å². The van der Waals surface area contributed by atoms with Crippen molar-refractivity contribution in [3.8, 4) is 0 Å². The number of nitrogens with one attached hydrogen (secondary N) is 4. The summed E-state index contributed by atoms with van der Waals surface area (Å²) in [5.74, 6) is -6.11. The minimum Gasteiger partial charge on any atom is -0.726 e. The van der Waals surface area contributed by atoms with E-state index in [2.05, 4.69) is 29.6 Å². The number of benzene rings is 2. The van der Waals surface area contributed by atoms with E-state index in [1.807, 2.05) is 0 Å². The van der Waals surface area contributed by atoms with Crippen molar-refractivity contribution in [1.82, 2.24) is 26.2 Å². The van der Waals surface area contributed by atoms with Crippen molar-refractivity contribution in [1.29, 1.82) is 0 Å². The second-order valence-corrected chi connectivity index (χ2v) is 16.6. The molecule has 3 rings (SSSR count). The molecule has 2 aromatic rings. The van der Waals surface area contributed by atoms with Crippen LogP contribution >= 0.6 is 0 Å². The topological polar surface area (TPSA) is 359 Å². The predicted molar refractivity (Wildman–Crippen MR) is 210 cm³/mol. The molecule has 0 aliphatic carbocycles. The van der Waals surface area contributed by atoms with Crippen molar-refractivity contribution < 1.29 is 137 Å². The number of hydrogen-bond donors (Lipinski definition) is 6. The van der Waals surface area contributed by atoms with Gasteiger partial charge in [-0.2, -0.15) is 0 Å². The van der Waals surface area contributed by atoms with Crippen LogP contribution in [0.15, 0.2) is 60.7 Å². The van der Waals surface area contributed by atoms with E-state index in [0.717, 1.165) is 0 Å². The maximum atomic E-state index is 14.1. The van der Waals surface area contributed by atoms with Gasteiger partial charge in [-0.3, -0.25) is 37.1 Å². The number of ether oxygens (including phenoxy) is 1. The number of aliphatic carboxylic acids is 1. The summed E-state index contributed by atoms with van der Waals surface area (Å²) in [4.78, 5) is 93.0. The van der Waals surface area contributed by atoms with Crippen LogP contribution in [0.2, 0.25) is 0 Å². The average molecular weight is 959 g/mol. The largest absolute Gasteiger partial charge is 1.00 e. The van der Waals surface area contributed by atoms with Crippen LogP contribution in [0.3, 0.4) is 0 Å². The second-order valence-electron chi connectivity index (χ2n) is 14.5. The molecule has 0 aromatic heterocycles. The molecule has 1 aliphatic heterocycles. The second kappa shape index (κ2) is 27.7. The number of primary amides is 1. The summed E-state index contributed by atoms with van der Waals surface area (Å²) in [7, 11) is -10.9. The number of hydrogen-bond acceptors (Lipinski definition) is 16. The molecule has 64 heavy (non-hydrogen) atoms. The minimum atomic E-state index is -5.50. The fourth-order valence-corrected chi connectivity index (χ4v) is 7.07. The van der Waals surface area contributed by atoms with E-state index in [-0.39, 0.29) is 97.3 Å². The Bertz CT molecular complexity index is 2120. The van der Waals surface area contributed by atoms with Crippen LogP contribution in [-0.2, 0) is 75.5 Å². The molecule has 0 unspecified atom stereocenters. The van der Waals surface area contributed by atoms with Gasteiger partial charge >= 0.3 is 71.2 Å². The third-order valence-corrected chi connectivity index (χ3v) is 9.99. The van der Waals surface area contributed by atoms with Gasteiger partial charge in [-0.25, -0.2) is 21.6 Å². The van der Waals surface area contributed by atoms with Crippen LogP contribution < -0.4 is 86.1 Å². The molecule has 2 aromatic carbocycles. The molecular formula is C37H48N6Na2O17S2. The van der Waals surface area contributed by atoms with Gasteiger partial charge < -0.3 is 50.8 Å². The van der Waals surface area contributed by atoms with Gasteiger partial charge in [0.1, 0.15) is 42.9 Å². The first kappa shape index (κ1) is 58.3. The van der Waals surface area contributed by atoms with Crippen LogP contribution in [0.1, 0.15) is 50.7 Å². The number of nitrogens with zero attached hydrogens (tertiary/aromatic N) is 1. The number of amides is 6. The Morgan fingerprint density at radius 3 is 1.75 bits per heavy atom. The summed E-state index contributed by atoms with van der Waals surface area (Å²) in [6.07, 6.45) is -4.05. The summed E-state index contributed by atoms with van der Waals surface area (Å²) >= 11 is 0. The molecule has 6 atom stereocenters. The molecule has 7 N–H and O–H groups in total. The minimum absolute atomic E-state index is 0. The number of alkyl carbamates (subject to hydrolysis) is 1. The molecule has 0 spiro atoms. The standard InChI is InChI=1S/C37H50N6O17S2.2Na/c1-22(2)16-29(42-37(51)58-20-25(60-62(55,56)57)21-59-61(52,53)54)36(50)43-15-9-14-30(43)35(49)41-28(18-24-12-7-4-8-13-24)34(48)40-27(17-23-10-5-3-6-11-23)33(47)39-26(32(38)46)19-31(44)45;;/h3-8,10-13,22,25-30H,9,14-21H2,1-2H3,(H2,38,46)(H,39,47)(H,40,48)(H,41,49)(H,42,51)(H,44,45)(H,52,53,54)(H,55,56,57);;/q;2*+1/p-2/t25-,26+,27+,28+,29+,30+;;/m1../s1. The molecular weight excluding hydrogens is 911 g/mol. The molecule has 23 nitrogen and oxygen atoms in total. The zero-order chi connectivity index (χ0) is 46.2. The van der Waals surface area contributed by atoms with E-state index in [1.54, 1.807) is 74.5 Å². The molecule has 0 saturated carbocycles. The van der Waals surface area contributed by atoms with E-state index in [4.69, 9.17) is 10.5 Å². The zero-order valence-electron chi connectivity index (χ0n) is 35.5. The third kappa shape index (κ3) is 21.5. The Labute approximate surface area is 414 Å². The van der Waals surface area contributed by atoms with Crippen LogP contribution in [0.25, 0.3) is 0 Å². The Morgan fingerprint density at radius 2 is 1.28 bits per heavy atom. The summed E-state index contributed by atoms with van der Waals surface area (Å²) in [6, 6.07) is 9.97. The fraction of sp³-hybridized carbons (Fsp3) is 0.486. The Balaban J connectivity index is 0.0000102. The number of likely N-dealkylation sites (tertiary alicyclic amines) is 1. The van der Waals surface area contributed by atoms with E-state index in [1.165, 1.54) is 4.90 Å². The van der Waals surface area contributed by atoms with Crippen LogP contribution in [0, 0.1) is 5.92 Å². The molecule has 342 valence electrons. The van der Waals surface area contributed by atoms with Gasteiger partial charge in [-0.1, -0.05) is 74.5 Å². The van der Waals surface area contributed by atoms with E-state index < -0.39 is 118 Å². The first-order chi connectivity index (χ1) is 29.0. The van der Waals surface area contributed by atoms with Gasteiger partial charge in [0, 0.05) is 19.4 Å². The van der Waals surface area contributed by atoms with Gasteiger partial charge in [0.25, 0.3) is 0 Å². The number of carboxylic acid groups (broad SMARTS) is 1. The van der Waals surface area contributed by atoms with Crippen molar-refractivity contribution in [3.05, 3.63) is 71.8 Å². The zero-order valence-corrected chi connectivity index (χ0v) is 41.1. The molecule has 0 bridgehead atoms. The van der Waals surface area contributed by atoms with Crippen LogP contribution in [0.5, 0.6) is 0 Å². The van der Waals surface area contributed by atoms with Gasteiger partial charge in [0.2, 0.25) is 50.3 Å². The summed E-state index contributed by atoms with van der Waals surface area (Å²) in [6.45, 7) is 1.03. The first-order valence-corrected chi connectivity index (χ1v) is 21.7. The van der Waals surface area contributed by atoms with Crippen molar-refractivity contribution in [3.63, 3.8) is 0 Å². The van der Waals surface area contributed by atoms with Crippen LogP contribution in [-0.4, -0.2) is 134 Å². The normalized spacial score (nSPS) is 16.0. The Hall–Kier alpha value is -3.73. The summed E-state index contributed by atoms with van der Waals surface area (Å²) < 4.78 is 78.6. The monoisotopic (exact) mass is 958 g/mol. The summed E-state index contributed by atoms with van der Waals surface area (Å²) in [5.41, 5.74) is 6.50. The van der Waals surface area contributed by atoms with Crippen LogP contribution in [0.4, 0.5) is 4.79 Å². The van der Waals surface area contributed by atoms with Crippen molar-refractivity contribution in [2.45, 2.75) is 88.7 Å². The number of carbonyl (C=O) groups is 7. The molecule has 1 saturated heterocycles. The van der Waals surface area contributed by atoms with E-state index in [9.17, 15) is 64.6 Å². The predicted octanol–water partition coefficient (Wildman–Crippen LogP) is -7.65. The van der Waals surface area contributed by atoms with Gasteiger partial charge in [-0.05, 0) is 36.3 Å². The molecule has 0 radical (unpaired) electrons. The fourth-order valence-electron chi connectivity index (χ4n) is 6.31. The summed E-state index contributed by atoms with van der Waals surface area (Å²) in [5, 5.41) is 19.1. The number of carboxylic acids is 1. The Kier molecular flexibility index (Phi) is 25.2. The SMILES string of the molecule is CC(C)C[C@H](NC(=O)OC[C@H](COS(=O)(=O)[O-])OS(=O)(=O)[O-])C(=O)N1CCC[C@H]1C(=O)N[C@@H](Cc1ccccc1)C(=O)N[C@@H](Cc1ccccc1)C(=O)N[C@@H](CC(=O)O)C(N)=O.[Na+].[Na+]. The van der Waals surface area contributed by atoms with E-state index >= 15 is 0 Å². The van der Waals surface area contributed by atoms with Gasteiger partial charge in [0.15, 0.2) is 0 Å².